The van der Waals surface area contributed by atoms with E-state index >= 15 is 0 Å². The molecule has 2 amide bonds. The quantitative estimate of drug-likeness (QED) is 0.887. The van der Waals surface area contributed by atoms with E-state index in [0.717, 1.165) is 15.6 Å². The van der Waals surface area contributed by atoms with Gasteiger partial charge >= 0.3 is 6.03 Å². The lowest BCUT2D eigenvalue weighted by atomic mass is 10.1. The first-order chi connectivity index (χ1) is 10.1. The second kappa shape index (κ2) is 7.27. The molecule has 110 valence electrons. The van der Waals surface area contributed by atoms with Crippen molar-refractivity contribution in [1.82, 2.24) is 10.2 Å². The SMILES string of the molecule is Cc1ccc(CNC(=O)N(C)Cc2ccccc2Br)cc1. The van der Waals surface area contributed by atoms with E-state index in [2.05, 4.69) is 21.2 Å². The minimum atomic E-state index is -0.0775. The van der Waals surface area contributed by atoms with Crippen LogP contribution in [0.5, 0.6) is 0 Å². The third-order valence-corrected chi connectivity index (χ3v) is 4.05. The van der Waals surface area contributed by atoms with E-state index < -0.39 is 0 Å². The molecule has 3 nitrogen and oxygen atoms in total. The van der Waals surface area contributed by atoms with E-state index in [4.69, 9.17) is 0 Å². The van der Waals surface area contributed by atoms with Crippen LogP contribution in [0.1, 0.15) is 16.7 Å². The molecular formula is C17H19BrN2O. The second-order valence-electron chi connectivity index (χ2n) is 5.09. The van der Waals surface area contributed by atoms with Crippen LogP contribution < -0.4 is 5.32 Å². The van der Waals surface area contributed by atoms with Crippen LogP contribution in [0, 0.1) is 6.92 Å². The average molecular weight is 347 g/mol. The van der Waals surface area contributed by atoms with E-state index in [1.54, 1.807) is 11.9 Å². The second-order valence-corrected chi connectivity index (χ2v) is 5.95. The van der Waals surface area contributed by atoms with Crippen LogP contribution in [-0.2, 0) is 13.1 Å². The molecule has 0 fully saturated rings. The third kappa shape index (κ3) is 4.60. The van der Waals surface area contributed by atoms with E-state index in [0.29, 0.717) is 13.1 Å². The van der Waals surface area contributed by atoms with Gasteiger partial charge in [0.15, 0.2) is 0 Å². The predicted octanol–water partition coefficient (Wildman–Crippen LogP) is 4.10. The summed E-state index contributed by atoms with van der Waals surface area (Å²) in [6, 6.07) is 16.0. The molecule has 0 unspecified atom stereocenters. The third-order valence-electron chi connectivity index (χ3n) is 3.28. The van der Waals surface area contributed by atoms with Crippen LogP contribution >= 0.6 is 15.9 Å². The van der Waals surface area contributed by atoms with Crippen molar-refractivity contribution in [2.45, 2.75) is 20.0 Å². The van der Waals surface area contributed by atoms with Crippen molar-refractivity contribution in [2.75, 3.05) is 7.05 Å². The first kappa shape index (κ1) is 15.6. The maximum Gasteiger partial charge on any atom is 0.317 e. The van der Waals surface area contributed by atoms with Crippen LogP contribution in [0.25, 0.3) is 0 Å². The molecule has 2 aromatic carbocycles. The number of aryl methyl sites for hydroxylation is 1. The number of halogens is 1. The number of carbonyl (C=O) groups excluding carboxylic acids is 1. The van der Waals surface area contributed by atoms with Crippen molar-refractivity contribution in [3.05, 3.63) is 69.7 Å². The Hall–Kier alpha value is -1.81. The number of hydrogen-bond donors (Lipinski definition) is 1. The summed E-state index contributed by atoms with van der Waals surface area (Å²) < 4.78 is 1.02. The summed E-state index contributed by atoms with van der Waals surface area (Å²) in [6.45, 7) is 3.16. The first-order valence-corrected chi connectivity index (χ1v) is 7.63. The van der Waals surface area contributed by atoms with Crippen molar-refractivity contribution in [1.29, 1.82) is 0 Å². The highest BCUT2D eigenvalue weighted by atomic mass is 79.9. The Labute approximate surface area is 134 Å². The van der Waals surface area contributed by atoms with Gasteiger partial charge in [-0.2, -0.15) is 0 Å². The summed E-state index contributed by atoms with van der Waals surface area (Å²) in [6.07, 6.45) is 0. The molecule has 0 aromatic heterocycles. The maximum absolute atomic E-state index is 12.1. The molecule has 1 N–H and O–H groups in total. The first-order valence-electron chi connectivity index (χ1n) is 6.84. The fourth-order valence-corrected chi connectivity index (χ4v) is 2.38. The zero-order chi connectivity index (χ0) is 15.2. The summed E-state index contributed by atoms with van der Waals surface area (Å²) in [5.74, 6) is 0. The molecule has 2 aromatic rings. The van der Waals surface area contributed by atoms with Gasteiger partial charge in [0.2, 0.25) is 0 Å². The van der Waals surface area contributed by atoms with E-state index in [9.17, 15) is 4.79 Å². The zero-order valence-electron chi connectivity index (χ0n) is 12.3. The zero-order valence-corrected chi connectivity index (χ0v) is 13.9. The fourth-order valence-electron chi connectivity index (χ4n) is 1.97. The average Bonchev–Trinajstić information content (AvgIpc) is 2.48. The number of rotatable bonds is 4. The van der Waals surface area contributed by atoms with Gasteiger partial charge in [-0.1, -0.05) is 64.0 Å². The van der Waals surface area contributed by atoms with E-state index in [1.165, 1.54) is 5.56 Å². The number of urea groups is 1. The lowest BCUT2D eigenvalue weighted by Gasteiger charge is -2.19. The van der Waals surface area contributed by atoms with Gasteiger partial charge in [-0.3, -0.25) is 0 Å². The van der Waals surface area contributed by atoms with Gasteiger partial charge in [0.1, 0.15) is 0 Å². The molecule has 0 bridgehead atoms. The molecule has 0 atom stereocenters. The van der Waals surface area contributed by atoms with Crippen molar-refractivity contribution in [3.63, 3.8) is 0 Å². The van der Waals surface area contributed by atoms with Gasteiger partial charge in [-0.15, -0.1) is 0 Å². The molecular weight excluding hydrogens is 328 g/mol. The number of nitrogens with zero attached hydrogens (tertiary/aromatic N) is 1. The summed E-state index contributed by atoms with van der Waals surface area (Å²) in [5, 5.41) is 2.93. The summed E-state index contributed by atoms with van der Waals surface area (Å²) >= 11 is 3.50. The van der Waals surface area contributed by atoms with Crippen LogP contribution in [0.2, 0.25) is 0 Å². The van der Waals surface area contributed by atoms with Crippen molar-refractivity contribution in [2.24, 2.45) is 0 Å². The Morgan fingerprint density at radius 1 is 1.14 bits per heavy atom. The number of hydrogen-bond acceptors (Lipinski definition) is 1. The highest BCUT2D eigenvalue weighted by Crippen LogP contribution is 2.17. The molecule has 0 spiro atoms. The number of amides is 2. The Balaban J connectivity index is 1.88. The van der Waals surface area contributed by atoms with Crippen LogP contribution in [-0.4, -0.2) is 18.0 Å². The molecule has 0 saturated heterocycles. The summed E-state index contributed by atoms with van der Waals surface area (Å²) in [4.78, 5) is 13.8. The van der Waals surface area contributed by atoms with Gasteiger partial charge in [-0.25, -0.2) is 4.79 Å². The highest BCUT2D eigenvalue weighted by molar-refractivity contribution is 9.10. The summed E-state index contributed by atoms with van der Waals surface area (Å²) in [7, 11) is 1.80. The smallest absolute Gasteiger partial charge is 0.317 e. The molecule has 0 saturated carbocycles. The molecule has 0 aliphatic rings. The minimum Gasteiger partial charge on any atom is -0.334 e. The van der Waals surface area contributed by atoms with Crippen LogP contribution in [0.15, 0.2) is 53.0 Å². The number of nitrogens with one attached hydrogen (secondary N) is 1. The van der Waals surface area contributed by atoms with Gasteiger partial charge < -0.3 is 10.2 Å². The van der Waals surface area contributed by atoms with E-state index in [-0.39, 0.29) is 6.03 Å². The lowest BCUT2D eigenvalue weighted by Crippen LogP contribution is -2.36. The van der Waals surface area contributed by atoms with E-state index in [1.807, 2.05) is 55.5 Å². The van der Waals surface area contributed by atoms with Crippen LogP contribution in [0.3, 0.4) is 0 Å². The molecule has 2 rings (SSSR count). The van der Waals surface area contributed by atoms with Crippen LogP contribution in [0.4, 0.5) is 4.79 Å². The maximum atomic E-state index is 12.1. The van der Waals surface area contributed by atoms with Gasteiger partial charge in [-0.05, 0) is 24.1 Å². The standard InChI is InChI=1S/C17H19BrN2O/c1-13-7-9-14(10-8-13)11-19-17(21)20(2)12-15-5-3-4-6-16(15)18/h3-10H,11-12H2,1-2H3,(H,19,21). The Kier molecular flexibility index (Phi) is 5.39. The number of carbonyl (C=O) groups is 1. The Bertz CT molecular complexity index is 610. The van der Waals surface area contributed by atoms with Gasteiger partial charge in [0.25, 0.3) is 0 Å². The Morgan fingerprint density at radius 2 is 1.81 bits per heavy atom. The van der Waals surface area contributed by atoms with Crippen molar-refractivity contribution >= 4 is 22.0 Å². The number of benzene rings is 2. The molecule has 0 aliphatic carbocycles. The lowest BCUT2D eigenvalue weighted by molar-refractivity contribution is 0.206. The van der Waals surface area contributed by atoms with Crippen molar-refractivity contribution < 1.29 is 4.79 Å². The predicted molar refractivity (Wildman–Crippen MR) is 89.0 cm³/mol. The molecule has 21 heavy (non-hydrogen) atoms. The summed E-state index contributed by atoms with van der Waals surface area (Å²) in [5.41, 5.74) is 3.41. The van der Waals surface area contributed by atoms with Gasteiger partial charge in [0.05, 0.1) is 0 Å². The topological polar surface area (TPSA) is 32.3 Å². The largest absolute Gasteiger partial charge is 0.334 e. The van der Waals surface area contributed by atoms with Gasteiger partial charge in [0, 0.05) is 24.6 Å². The molecule has 0 heterocycles. The normalized spacial score (nSPS) is 10.2. The van der Waals surface area contributed by atoms with Crippen molar-refractivity contribution in [3.8, 4) is 0 Å². The molecule has 0 aliphatic heterocycles. The molecule has 4 heteroatoms. The Morgan fingerprint density at radius 3 is 2.48 bits per heavy atom. The molecule has 0 radical (unpaired) electrons. The fraction of sp³-hybridized carbons (Fsp3) is 0.235. The highest BCUT2D eigenvalue weighted by Gasteiger charge is 2.10. The monoisotopic (exact) mass is 346 g/mol. The minimum absolute atomic E-state index is 0.0775.